The van der Waals surface area contributed by atoms with E-state index in [1.54, 1.807) is 11.3 Å². The minimum atomic E-state index is 0.308. The largest absolute Gasteiger partial charge is 0.485 e. The first-order valence-corrected chi connectivity index (χ1v) is 7.88. The van der Waals surface area contributed by atoms with Gasteiger partial charge in [-0.25, -0.2) is 0 Å². The molecular weight excluding hydrogens is 298 g/mol. The summed E-state index contributed by atoms with van der Waals surface area (Å²) in [7, 11) is 2.03. The van der Waals surface area contributed by atoms with Crippen molar-refractivity contribution in [2.75, 3.05) is 7.05 Å². The fourth-order valence-electron chi connectivity index (χ4n) is 2.03. The molecular formula is C16H17N3O2S. The van der Waals surface area contributed by atoms with Gasteiger partial charge in [-0.2, -0.15) is 4.98 Å². The van der Waals surface area contributed by atoms with Gasteiger partial charge in [0.15, 0.2) is 6.61 Å². The van der Waals surface area contributed by atoms with E-state index in [-0.39, 0.29) is 0 Å². The van der Waals surface area contributed by atoms with Gasteiger partial charge < -0.3 is 9.26 Å². The van der Waals surface area contributed by atoms with Crippen molar-refractivity contribution >= 4 is 11.3 Å². The number of hydrogen-bond acceptors (Lipinski definition) is 6. The van der Waals surface area contributed by atoms with Gasteiger partial charge in [0, 0.05) is 11.4 Å². The smallest absolute Gasteiger partial charge is 0.240 e. The summed E-state index contributed by atoms with van der Waals surface area (Å²) >= 11 is 1.74. The molecule has 0 N–H and O–H groups in total. The van der Waals surface area contributed by atoms with Crippen molar-refractivity contribution in [3.05, 3.63) is 64.4 Å². The predicted molar refractivity (Wildman–Crippen MR) is 84.6 cm³/mol. The SMILES string of the molecule is CN(Cc1nc(COc2ccccc2)no1)Cc1cccs1. The van der Waals surface area contributed by atoms with Crippen LogP contribution in [-0.2, 0) is 19.7 Å². The molecule has 5 nitrogen and oxygen atoms in total. The van der Waals surface area contributed by atoms with Crippen LogP contribution in [-0.4, -0.2) is 22.1 Å². The lowest BCUT2D eigenvalue weighted by Crippen LogP contribution is -2.16. The van der Waals surface area contributed by atoms with Crippen LogP contribution >= 0.6 is 11.3 Å². The molecule has 0 radical (unpaired) electrons. The molecule has 3 rings (SSSR count). The maximum absolute atomic E-state index is 5.60. The van der Waals surface area contributed by atoms with E-state index in [0.717, 1.165) is 12.3 Å². The summed E-state index contributed by atoms with van der Waals surface area (Å²) in [5.74, 6) is 1.96. The molecule has 0 saturated heterocycles. The highest BCUT2D eigenvalue weighted by atomic mass is 32.1. The van der Waals surface area contributed by atoms with E-state index in [4.69, 9.17) is 9.26 Å². The van der Waals surface area contributed by atoms with Gasteiger partial charge in [0.25, 0.3) is 0 Å². The Bertz CT molecular complexity index is 683. The van der Waals surface area contributed by atoms with Crippen LogP contribution in [0.15, 0.2) is 52.4 Å². The minimum absolute atomic E-state index is 0.308. The number of para-hydroxylation sites is 1. The molecule has 0 fully saturated rings. The van der Waals surface area contributed by atoms with Crippen LogP contribution in [0.4, 0.5) is 0 Å². The third-order valence-corrected chi connectivity index (χ3v) is 3.89. The van der Waals surface area contributed by atoms with Crippen molar-refractivity contribution in [1.82, 2.24) is 15.0 Å². The average molecular weight is 315 g/mol. The van der Waals surface area contributed by atoms with E-state index in [9.17, 15) is 0 Å². The molecule has 0 atom stereocenters. The molecule has 0 aliphatic carbocycles. The number of ether oxygens (including phenoxy) is 1. The Balaban J connectivity index is 1.50. The molecule has 0 aliphatic rings. The molecule has 2 aromatic heterocycles. The summed E-state index contributed by atoms with van der Waals surface area (Å²) < 4.78 is 10.9. The van der Waals surface area contributed by atoms with E-state index in [0.29, 0.717) is 24.9 Å². The molecule has 0 spiro atoms. The number of benzene rings is 1. The number of aromatic nitrogens is 2. The average Bonchev–Trinajstić information content (AvgIpc) is 3.18. The Kier molecular flexibility index (Phi) is 4.82. The lowest BCUT2D eigenvalue weighted by Gasteiger charge is -2.12. The Morgan fingerprint density at radius 3 is 2.77 bits per heavy atom. The van der Waals surface area contributed by atoms with Gasteiger partial charge >= 0.3 is 0 Å². The molecule has 114 valence electrons. The topological polar surface area (TPSA) is 51.4 Å². The summed E-state index contributed by atoms with van der Waals surface area (Å²) in [6.07, 6.45) is 0. The van der Waals surface area contributed by atoms with Crippen LogP contribution in [0.1, 0.15) is 16.6 Å². The van der Waals surface area contributed by atoms with E-state index in [1.807, 2.05) is 37.4 Å². The monoisotopic (exact) mass is 315 g/mol. The van der Waals surface area contributed by atoms with E-state index in [1.165, 1.54) is 4.88 Å². The molecule has 0 amide bonds. The number of rotatable bonds is 7. The highest BCUT2D eigenvalue weighted by Crippen LogP contribution is 2.13. The van der Waals surface area contributed by atoms with Crippen LogP contribution in [0.2, 0.25) is 0 Å². The highest BCUT2D eigenvalue weighted by molar-refractivity contribution is 7.09. The van der Waals surface area contributed by atoms with Crippen molar-refractivity contribution < 1.29 is 9.26 Å². The zero-order valence-corrected chi connectivity index (χ0v) is 13.1. The first kappa shape index (κ1) is 14.7. The zero-order chi connectivity index (χ0) is 15.2. The number of hydrogen-bond donors (Lipinski definition) is 0. The third kappa shape index (κ3) is 4.16. The van der Waals surface area contributed by atoms with Crippen LogP contribution in [0.3, 0.4) is 0 Å². The summed E-state index contributed by atoms with van der Waals surface area (Å²) in [6.45, 7) is 1.80. The van der Waals surface area contributed by atoms with Crippen molar-refractivity contribution in [1.29, 1.82) is 0 Å². The zero-order valence-electron chi connectivity index (χ0n) is 12.3. The van der Waals surface area contributed by atoms with Gasteiger partial charge in [-0.15, -0.1) is 11.3 Å². The summed E-state index contributed by atoms with van der Waals surface area (Å²) in [5.41, 5.74) is 0. The Morgan fingerprint density at radius 2 is 2.00 bits per heavy atom. The first-order chi connectivity index (χ1) is 10.8. The molecule has 2 heterocycles. The molecule has 0 unspecified atom stereocenters. The maximum atomic E-state index is 5.60. The van der Waals surface area contributed by atoms with Crippen molar-refractivity contribution in [2.45, 2.75) is 19.7 Å². The standard InChI is InChI=1S/C16H17N3O2S/c1-19(10-14-8-5-9-22-14)11-16-17-15(18-21-16)12-20-13-6-3-2-4-7-13/h2-9H,10-12H2,1H3. The second kappa shape index (κ2) is 7.20. The third-order valence-electron chi connectivity index (χ3n) is 3.03. The molecule has 0 bridgehead atoms. The summed E-state index contributed by atoms with van der Waals surface area (Å²) in [5, 5.41) is 6.02. The quantitative estimate of drug-likeness (QED) is 0.669. The fraction of sp³-hybridized carbons (Fsp3) is 0.250. The lowest BCUT2D eigenvalue weighted by atomic mass is 10.3. The molecule has 1 aromatic carbocycles. The molecule has 0 saturated carbocycles. The molecule has 22 heavy (non-hydrogen) atoms. The summed E-state index contributed by atoms with van der Waals surface area (Å²) in [4.78, 5) is 7.81. The van der Waals surface area contributed by atoms with Crippen LogP contribution < -0.4 is 4.74 Å². The van der Waals surface area contributed by atoms with Gasteiger partial charge in [0.2, 0.25) is 11.7 Å². The fourth-order valence-corrected chi connectivity index (χ4v) is 2.82. The lowest BCUT2D eigenvalue weighted by molar-refractivity contribution is 0.257. The van der Waals surface area contributed by atoms with Crippen molar-refractivity contribution in [3.63, 3.8) is 0 Å². The number of thiophene rings is 1. The van der Waals surface area contributed by atoms with E-state index in [2.05, 4.69) is 32.6 Å². The highest BCUT2D eigenvalue weighted by Gasteiger charge is 2.10. The minimum Gasteiger partial charge on any atom is -0.485 e. The Labute approximate surface area is 133 Å². The van der Waals surface area contributed by atoms with E-state index < -0.39 is 0 Å². The van der Waals surface area contributed by atoms with Crippen LogP contribution in [0.25, 0.3) is 0 Å². The van der Waals surface area contributed by atoms with Crippen LogP contribution in [0, 0.1) is 0 Å². The van der Waals surface area contributed by atoms with Crippen LogP contribution in [0.5, 0.6) is 5.75 Å². The van der Waals surface area contributed by atoms with Gasteiger partial charge in [-0.1, -0.05) is 29.4 Å². The normalized spacial score (nSPS) is 11.0. The first-order valence-electron chi connectivity index (χ1n) is 7.00. The molecule has 6 heteroatoms. The van der Waals surface area contributed by atoms with Gasteiger partial charge in [0.05, 0.1) is 6.54 Å². The Morgan fingerprint density at radius 1 is 1.14 bits per heavy atom. The van der Waals surface area contributed by atoms with Crippen molar-refractivity contribution in [2.24, 2.45) is 0 Å². The van der Waals surface area contributed by atoms with Gasteiger partial charge in [-0.3, -0.25) is 4.90 Å². The maximum Gasteiger partial charge on any atom is 0.240 e. The van der Waals surface area contributed by atoms with Gasteiger partial charge in [-0.05, 0) is 30.6 Å². The second-order valence-corrected chi connectivity index (χ2v) is 5.99. The second-order valence-electron chi connectivity index (χ2n) is 4.96. The van der Waals surface area contributed by atoms with Gasteiger partial charge in [0.1, 0.15) is 5.75 Å². The Hall–Kier alpha value is -2.18. The van der Waals surface area contributed by atoms with Crippen molar-refractivity contribution in [3.8, 4) is 5.75 Å². The van der Waals surface area contributed by atoms with E-state index >= 15 is 0 Å². The molecule has 0 aliphatic heterocycles. The predicted octanol–water partition coefficient (Wildman–Crippen LogP) is 3.34. The molecule has 3 aromatic rings. The number of nitrogens with zero attached hydrogens (tertiary/aromatic N) is 3. The summed E-state index contributed by atoms with van der Waals surface area (Å²) in [6, 6.07) is 13.8.